The van der Waals surface area contributed by atoms with E-state index in [0.717, 1.165) is 142 Å². The van der Waals surface area contributed by atoms with E-state index in [0.29, 0.717) is 142 Å². The van der Waals surface area contributed by atoms with Crippen LogP contribution in [-0.2, 0) is 73.8 Å². The second kappa shape index (κ2) is 40.9. The highest BCUT2D eigenvalue weighted by Crippen LogP contribution is 2.46. The van der Waals surface area contributed by atoms with E-state index in [-0.39, 0.29) is 32.0 Å². The molecule has 12 fully saturated rings. The molecule has 10 aliphatic heterocycles. The Kier molecular flexibility index (Phi) is 31.5. The maximum absolute atomic E-state index is 13.2. The molecular formula is C90H128N10O20S5. The lowest BCUT2D eigenvalue weighted by Gasteiger charge is -2.43. The summed E-state index contributed by atoms with van der Waals surface area (Å²) in [5.41, 5.74) is -1.99. The molecule has 5 spiro atoms. The summed E-state index contributed by atoms with van der Waals surface area (Å²) in [6.45, 7) is 30.4. The van der Waals surface area contributed by atoms with Gasteiger partial charge in [-0.05, 0) is 163 Å². The maximum atomic E-state index is 13.2. The Morgan fingerprint density at radius 3 is 0.800 bits per heavy atom. The molecule has 35 heteroatoms. The molecule has 10 saturated heterocycles. The fourth-order valence-electron chi connectivity index (χ4n) is 18.8. The second-order valence-corrected chi connectivity index (χ2v) is 44.0. The van der Waals surface area contributed by atoms with Crippen molar-refractivity contribution in [3.05, 3.63) is 151 Å². The van der Waals surface area contributed by atoms with E-state index in [4.69, 9.17) is 33.2 Å². The summed E-state index contributed by atoms with van der Waals surface area (Å²) in [4.78, 5) is 47.4. The molecule has 5 aromatic carbocycles. The summed E-state index contributed by atoms with van der Waals surface area (Å²) < 4.78 is 179. The molecule has 12 aliphatic rings. The van der Waals surface area contributed by atoms with Crippen molar-refractivity contribution >= 4 is 67.5 Å². The van der Waals surface area contributed by atoms with E-state index in [2.05, 4.69) is 44.9 Å². The number of unbranched alkanes of at least 4 members (excludes halogenated alkanes) is 1. The van der Waals surface area contributed by atoms with Gasteiger partial charge in [-0.1, -0.05) is 62.7 Å². The summed E-state index contributed by atoms with van der Waals surface area (Å²) in [6.07, 6.45) is 16.6. The molecule has 17 rings (SSSR count). The van der Waals surface area contributed by atoms with Crippen LogP contribution in [0.4, 0.5) is 0 Å². The van der Waals surface area contributed by atoms with Gasteiger partial charge < -0.3 is 52.8 Å². The number of benzene rings is 5. The molecule has 10 heterocycles. The number of ketones is 3. The molecule has 0 amide bonds. The van der Waals surface area contributed by atoms with E-state index in [1.54, 1.807) is 116 Å². The van der Waals surface area contributed by atoms with Gasteiger partial charge in [-0.2, -0.15) is 21.5 Å². The molecule has 0 aromatic heterocycles. The Balaban J connectivity index is 0.000000134. The number of carbonyl (C=O) groups is 3. The quantitative estimate of drug-likeness (QED) is 0.0387. The molecule has 30 nitrogen and oxygen atoms in total. The highest BCUT2D eigenvalue weighted by Gasteiger charge is 2.56. The zero-order valence-corrected chi connectivity index (χ0v) is 77.7. The molecule has 0 N–H and O–H groups in total. The number of rotatable bonds is 25. The molecule has 0 bridgehead atoms. The van der Waals surface area contributed by atoms with Crippen LogP contribution in [0.15, 0.2) is 158 Å². The van der Waals surface area contributed by atoms with Crippen LogP contribution in [0.3, 0.4) is 0 Å². The lowest BCUT2D eigenvalue weighted by atomic mass is 10.0. The standard InChI is InChI=1S/C19H26N2O4S.C19H28N2O4S.C18H26N2O4S.C18H24N2O4S.C16H24N2O4S/c1-15(22)17-4-6-18(7-5-17)26(23,24)21-12-13-25-19(21)8-10-20(11-9-19)14-16-2-3-16;1-3-4-11-20-12-9-19(10-13-20)21(14-15-25-19)26(23,24)18-7-5-17(6-8-18)16(2)22;1-23-16-4-6-17(7-5-16)25(21,22)20-12-13-24-18(20)8-10-19(11-9-18)14-15-2-3-15;1-3-10-19-11-8-18(9-12-19)20(13-14-24-18)25(22,23)17-6-4-16(5-7-17)15(2)21;1-3-17-10-8-16(9-11-17)18(12-13-22-16)23(19,20)15-6-4-14(21-2)5-7-15/h4-7,16H,2-3,8-14H2,1H3;5-8H,3-4,9-15H2,1-2H3;4-7,15H,2-3,8-14H2,1H3;3-7H,1,8-14H2,2H3;4-7H,3,8-13H2,1-2H3. The average Bonchev–Trinajstić information content (AvgIpc) is 1.68. The van der Waals surface area contributed by atoms with Crippen molar-refractivity contribution in [1.29, 1.82) is 0 Å². The van der Waals surface area contributed by atoms with Gasteiger partial charge in [0.2, 0.25) is 50.1 Å². The maximum Gasteiger partial charge on any atom is 0.245 e. The smallest absolute Gasteiger partial charge is 0.245 e. The van der Waals surface area contributed by atoms with Crippen LogP contribution in [0, 0.1) is 11.8 Å². The fraction of sp³-hybridized carbons (Fsp3) is 0.611. The van der Waals surface area contributed by atoms with Gasteiger partial charge in [-0.25, -0.2) is 42.1 Å². The Hall–Kier alpha value is -6.40. The van der Waals surface area contributed by atoms with Gasteiger partial charge in [0.05, 0.1) is 71.7 Å². The highest BCUT2D eigenvalue weighted by atomic mass is 32.2. The van der Waals surface area contributed by atoms with Gasteiger partial charge in [0.15, 0.2) is 17.3 Å². The number of carbonyl (C=O) groups excluding carboxylic acids is 3. The first-order valence-corrected chi connectivity index (χ1v) is 51.6. The van der Waals surface area contributed by atoms with Gasteiger partial charge in [0.25, 0.3) is 0 Å². The summed E-state index contributed by atoms with van der Waals surface area (Å²) in [5.74, 6) is 2.77. The number of nitrogens with zero attached hydrogens (tertiary/aromatic N) is 10. The number of ether oxygens (including phenoxy) is 7. The SMILES string of the molecule is C=CCN1CCC2(CC1)OCCN2S(=O)(=O)c1ccc(C(C)=O)cc1.CC(=O)c1ccc(S(=O)(=O)N2CCOC23CCN(CC2CC2)CC3)cc1.CCCCN1CCC2(CC1)OCCN2S(=O)(=O)c1ccc(C(C)=O)cc1.CCN1CCC2(CC1)OCCN2S(=O)(=O)c1ccc(OC)cc1.COc1ccc(S(=O)(=O)N2CCOC23CCN(CC2CC2)CC3)cc1. The van der Waals surface area contributed by atoms with Crippen LogP contribution in [0.5, 0.6) is 11.5 Å². The lowest BCUT2D eigenvalue weighted by molar-refractivity contribution is -0.0912. The van der Waals surface area contributed by atoms with E-state index in [1.165, 1.54) is 93.6 Å². The van der Waals surface area contributed by atoms with Crippen molar-refractivity contribution in [2.24, 2.45) is 11.8 Å². The molecule has 0 atom stereocenters. The summed E-state index contributed by atoms with van der Waals surface area (Å²) in [5, 5.41) is 0. The topological polar surface area (TPSA) is 319 Å². The van der Waals surface area contributed by atoms with Crippen molar-refractivity contribution in [3.8, 4) is 11.5 Å². The monoisotopic (exact) mass is 1830 g/mol. The number of piperidine rings is 5. The minimum absolute atomic E-state index is 0.0713. The van der Waals surface area contributed by atoms with Crippen LogP contribution in [-0.4, -0.2) is 312 Å². The molecule has 2 saturated carbocycles. The third kappa shape index (κ3) is 21.9. The Labute approximate surface area is 741 Å². The number of hydrogen-bond acceptors (Lipinski definition) is 25. The van der Waals surface area contributed by atoms with E-state index in [1.807, 2.05) is 6.08 Å². The minimum atomic E-state index is -3.66. The molecular weight excluding hydrogens is 1700 g/mol. The average molecular weight is 1830 g/mol. The Morgan fingerprint density at radius 1 is 0.352 bits per heavy atom. The zero-order valence-electron chi connectivity index (χ0n) is 73.7. The van der Waals surface area contributed by atoms with Crippen LogP contribution in [0.1, 0.15) is 168 Å². The number of sulfonamides is 5. The third-order valence-corrected chi connectivity index (χ3v) is 36.5. The first-order valence-electron chi connectivity index (χ1n) is 44.4. The Bertz CT molecular complexity index is 5090. The summed E-state index contributed by atoms with van der Waals surface area (Å²) >= 11 is 0. The molecule has 688 valence electrons. The van der Waals surface area contributed by atoms with Gasteiger partial charge in [-0.15, -0.1) is 6.58 Å². The predicted octanol–water partition coefficient (Wildman–Crippen LogP) is 9.95. The largest absolute Gasteiger partial charge is 0.497 e. The summed E-state index contributed by atoms with van der Waals surface area (Å²) in [6, 6.07) is 31.7. The van der Waals surface area contributed by atoms with Crippen molar-refractivity contribution in [1.82, 2.24) is 46.0 Å². The van der Waals surface area contributed by atoms with Crippen LogP contribution >= 0.6 is 0 Å². The predicted molar refractivity (Wildman–Crippen MR) is 473 cm³/mol. The minimum Gasteiger partial charge on any atom is -0.497 e. The first kappa shape index (κ1) is 96.2. The number of methoxy groups -OCH3 is 2. The fourth-order valence-corrected chi connectivity index (χ4v) is 27.5. The Morgan fingerprint density at radius 2 is 0.584 bits per heavy atom. The summed E-state index contributed by atoms with van der Waals surface area (Å²) in [7, 11) is -14.9. The number of hydrogen-bond donors (Lipinski definition) is 0. The van der Waals surface area contributed by atoms with Crippen molar-refractivity contribution in [2.45, 2.75) is 190 Å². The van der Waals surface area contributed by atoms with Gasteiger partial charge >= 0.3 is 0 Å². The molecule has 0 unspecified atom stereocenters. The highest BCUT2D eigenvalue weighted by molar-refractivity contribution is 7.90. The second-order valence-electron chi connectivity index (χ2n) is 34.7. The lowest BCUT2D eigenvalue weighted by Crippen LogP contribution is -2.55. The van der Waals surface area contributed by atoms with Crippen molar-refractivity contribution < 1.29 is 89.6 Å². The van der Waals surface area contributed by atoms with E-state index in [9.17, 15) is 56.5 Å². The normalized spacial score (nSPS) is 22.8. The number of Topliss-reactive ketones (excluding diaryl/α,β-unsaturated/α-hetero) is 3. The van der Waals surface area contributed by atoms with Crippen molar-refractivity contribution in [3.63, 3.8) is 0 Å². The van der Waals surface area contributed by atoms with Crippen molar-refractivity contribution in [2.75, 3.05) is 178 Å². The molecule has 2 aliphatic carbocycles. The molecule has 0 radical (unpaired) electrons. The van der Waals surface area contributed by atoms with E-state index < -0.39 is 78.7 Å². The van der Waals surface area contributed by atoms with Crippen LogP contribution in [0.25, 0.3) is 0 Å². The molecule has 125 heavy (non-hydrogen) atoms. The van der Waals surface area contributed by atoms with E-state index >= 15 is 0 Å². The zero-order chi connectivity index (χ0) is 89.2. The van der Waals surface area contributed by atoms with Gasteiger partial charge in [0, 0.05) is 199 Å². The third-order valence-electron chi connectivity index (χ3n) is 26.7. The van der Waals surface area contributed by atoms with Gasteiger partial charge in [-0.3, -0.25) is 19.3 Å². The molecule has 5 aromatic rings. The van der Waals surface area contributed by atoms with Crippen LogP contribution < -0.4 is 9.47 Å². The van der Waals surface area contributed by atoms with Crippen LogP contribution in [0.2, 0.25) is 0 Å². The van der Waals surface area contributed by atoms with Gasteiger partial charge in [0.1, 0.15) is 40.1 Å². The first-order chi connectivity index (χ1) is 59.7. The number of likely N-dealkylation sites (tertiary alicyclic amines) is 5.